The maximum absolute atomic E-state index is 12.7. The second kappa shape index (κ2) is 8.32. The number of hydrogen-bond acceptors (Lipinski definition) is 3. The van der Waals surface area contributed by atoms with Gasteiger partial charge in [0.2, 0.25) is 11.8 Å². The van der Waals surface area contributed by atoms with Crippen LogP contribution >= 0.6 is 0 Å². The fourth-order valence-corrected chi connectivity index (χ4v) is 4.53. The van der Waals surface area contributed by atoms with E-state index in [1.54, 1.807) is 0 Å². The molecule has 1 N–H and O–H groups in total. The first-order valence-corrected chi connectivity index (χ1v) is 9.99. The zero-order chi connectivity index (χ0) is 16.9. The SMILES string of the molecule is CCN1CCN(C(=O)C2CCC(C(=O)NC3CCCC3)CC2)CC1. The summed E-state index contributed by atoms with van der Waals surface area (Å²) < 4.78 is 0. The lowest BCUT2D eigenvalue weighted by Gasteiger charge is -2.37. The van der Waals surface area contributed by atoms with Gasteiger partial charge in [0.05, 0.1) is 0 Å². The van der Waals surface area contributed by atoms with Gasteiger partial charge in [0, 0.05) is 44.1 Å². The van der Waals surface area contributed by atoms with E-state index in [4.69, 9.17) is 0 Å². The minimum atomic E-state index is 0.131. The van der Waals surface area contributed by atoms with Crippen LogP contribution in [0.2, 0.25) is 0 Å². The first-order valence-electron chi connectivity index (χ1n) is 9.99. The van der Waals surface area contributed by atoms with E-state index in [9.17, 15) is 9.59 Å². The molecule has 2 saturated carbocycles. The number of likely N-dealkylation sites (N-methyl/N-ethyl adjacent to an activating group) is 1. The molecule has 0 spiro atoms. The Morgan fingerprint density at radius 2 is 1.46 bits per heavy atom. The van der Waals surface area contributed by atoms with Crippen molar-refractivity contribution >= 4 is 11.8 Å². The van der Waals surface area contributed by atoms with Gasteiger partial charge in [-0.3, -0.25) is 9.59 Å². The van der Waals surface area contributed by atoms with Crippen molar-refractivity contribution in [2.45, 2.75) is 64.3 Å². The van der Waals surface area contributed by atoms with Gasteiger partial charge in [-0.25, -0.2) is 0 Å². The molecule has 3 rings (SSSR count). The molecule has 5 nitrogen and oxygen atoms in total. The Labute approximate surface area is 146 Å². The largest absolute Gasteiger partial charge is 0.353 e. The van der Waals surface area contributed by atoms with E-state index >= 15 is 0 Å². The van der Waals surface area contributed by atoms with Gasteiger partial charge >= 0.3 is 0 Å². The average Bonchev–Trinajstić information content (AvgIpc) is 3.14. The van der Waals surface area contributed by atoms with Crippen LogP contribution in [0.25, 0.3) is 0 Å². The molecule has 0 aromatic heterocycles. The zero-order valence-electron chi connectivity index (χ0n) is 15.1. The van der Waals surface area contributed by atoms with Crippen LogP contribution < -0.4 is 5.32 Å². The Balaban J connectivity index is 1.41. The van der Waals surface area contributed by atoms with Crippen LogP contribution in [-0.2, 0) is 9.59 Å². The first-order chi connectivity index (χ1) is 11.7. The number of piperazine rings is 1. The topological polar surface area (TPSA) is 52.7 Å². The summed E-state index contributed by atoms with van der Waals surface area (Å²) in [5, 5.41) is 3.23. The fraction of sp³-hybridized carbons (Fsp3) is 0.895. The van der Waals surface area contributed by atoms with Crippen molar-refractivity contribution in [2.75, 3.05) is 32.7 Å². The minimum absolute atomic E-state index is 0.131. The third-order valence-electron chi connectivity index (χ3n) is 6.28. The van der Waals surface area contributed by atoms with Crippen LogP contribution in [0.5, 0.6) is 0 Å². The number of amides is 2. The summed E-state index contributed by atoms with van der Waals surface area (Å²) in [4.78, 5) is 29.5. The predicted molar refractivity (Wildman–Crippen MR) is 94.5 cm³/mol. The van der Waals surface area contributed by atoms with Crippen LogP contribution in [0, 0.1) is 11.8 Å². The molecule has 5 heteroatoms. The van der Waals surface area contributed by atoms with Gasteiger partial charge in [-0.15, -0.1) is 0 Å². The summed E-state index contributed by atoms with van der Waals surface area (Å²) in [6.07, 6.45) is 8.31. The van der Waals surface area contributed by atoms with Crippen molar-refractivity contribution in [3.8, 4) is 0 Å². The lowest BCUT2D eigenvalue weighted by Crippen LogP contribution is -2.50. The van der Waals surface area contributed by atoms with E-state index in [2.05, 4.69) is 22.0 Å². The molecule has 0 radical (unpaired) electrons. The maximum atomic E-state index is 12.7. The molecule has 3 aliphatic rings. The monoisotopic (exact) mass is 335 g/mol. The molecule has 1 aliphatic heterocycles. The molecule has 136 valence electrons. The Bertz CT molecular complexity index is 432. The van der Waals surface area contributed by atoms with Crippen LogP contribution in [0.1, 0.15) is 58.3 Å². The molecule has 1 saturated heterocycles. The van der Waals surface area contributed by atoms with Gasteiger partial charge in [0.25, 0.3) is 0 Å². The van der Waals surface area contributed by atoms with Gasteiger partial charge in [-0.1, -0.05) is 19.8 Å². The van der Waals surface area contributed by atoms with Crippen molar-refractivity contribution in [3.05, 3.63) is 0 Å². The van der Waals surface area contributed by atoms with Gasteiger partial charge in [0.15, 0.2) is 0 Å². The third kappa shape index (κ3) is 4.29. The Kier molecular flexibility index (Phi) is 6.14. The number of hydrogen-bond donors (Lipinski definition) is 1. The summed E-state index contributed by atoms with van der Waals surface area (Å²) in [6, 6.07) is 0.409. The molecule has 24 heavy (non-hydrogen) atoms. The van der Waals surface area contributed by atoms with Gasteiger partial charge < -0.3 is 15.1 Å². The van der Waals surface area contributed by atoms with Gasteiger partial charge in [0.1, 0.15) is 0 Å². The quantitative estimate of drug-likeness (QED) is 0.855. The van der Waals surface area contributed by atoms with E-state index in [1.165, 1.54) is 12.8 Å². The predicted octanol–water partition coefficient (Wildman–Crippen LogP) is 2.02. The van der Waals surface area contributed by atoms with Crippen LogP contribution in [-0.4, -0.2) is 60.4 Å². The first kappa shape index (κ1) is 17.7. The Morgan fingerprint density at radius 1 is 0.875 bits per heavy atom. The summed E-state index contributed by atoms with van der Waals surface area (Å²) in [6.45, 7) is 6.99. The highest BCUT2D eigenvalue weighted by Crippen LogP contribution is 2.31. The fourth-order valence-electron chi connectivity index (χ4n) is 4.53. The molecule has 0 bridgehead atoms. The van der Waals surface area contributed by atoms with Crippen molar-refractivity contribution in [1.82, 2.24) is 15.1 Å². The number of nitrogens with zero attached hydrogens (tertiary/aromatic N) is 2. The second-order valence-electron chi connectivity index (χ2n) is 7.80. The van der Waals surface area contributed by atoms with E-state index in [0.29, 0.717) is 11.9 Å². The van der Waals surface area contributed by atoms with E-state index in [1.807, 2.05) is 0 Å². The van der Waals surface area contributed by atoms with E-state index in [-0.39, 0.29) is 17.7 Å². The van der Waals surface area contributed by atoms with Gasteiger partial charge in [-0.2, -0.15) is 0 Å². The van der Waals surface area contributed by atoms with Crippen molar-refractivity contribution in [3.63, 3.8) is 0 Å². The molecule has 2 amide bonds. The normalized spacial score (nSPS) is 29.6. The van der Waals surface area contributed by atoms with Crippen LogP contribution in [0.4, 0.5) is 0 Å². The highest BCUT2D eigenvalue weighted by Gasteiger charge is 2.33. The van der Waals surface area contributed by atoms with E-state index < -0.39 is 0 Å². The van der Waals surface area contributed by atoms with Crippen LogP contribution in [0.15, 0.2) is 0 Å². The molecule has 3 fully saturated rings. The zero-order valence-corrected chi connectivity index (χ0v) is 15.1. The third-order valence-corrected chi connectivity index (χ3v) is 6.28. The molecule has 2 aliphatic carbocycles. The molecule has 0 unspecified atom stereocenters. The second-order valence-corrected chi connectivity index (χ2v) is 7.80. The lowest BCUT2D eigenvalue weighted by molar-refractivity contribution is -0.140. The standard InChI is InChI=1S/C19H33N3O2/c1-2-21-11-13-22(14-12-21)19(24)16-9-7-15(8-10-16)18(23)20-17-5-3-4-6-17/h15-17H,2-14H2,1H3,(H,20,23). The molecule has 1 heterocycles. The van der Waals surface area contributed by atoms with E-state index in [0.717, 1.165) is 71.2 Å². The summed E-state index contributed by atoms with van der Waals surface area (Å²) in [7, 11) is 0. The lowest BCUT2D eigenvalue weighted by atomic mass is 9.80. The highest BCUT2D eigenvalue weighted by molar-refractivity contribution is 5.81. The smallest absolute Gasteiger partial charge is 0.225 e. The number of rotatable bonds is 4. The molecular weight excluding hydrogens is 302 g/mol. The molecule has 0 aromatic carbocycles. The average molecular weight is 335 g/mol. The van der Waals surface area contributed by atoms with Gasteiger partial charge in [-0.05, 0) is 45.1 Å². The number of carbonyl (C=O) groups is 2. The molecular formula is C19H33N3O2. The molecule has 0 aromatic rings. The maximum Gasteiger partial charge on any atom is 0.225 e. The summed E-state index contributed by atoms with van der Waals surface area (Å²) in [5.41, 5.74) is 0. The highest BCUT2D eigenvalue weighted by atomic mass is 16.2. The Hall–Kier alpha value is -1.10. The molecule has 0 atom stereocenters. The number of nitrogens with one attached hydrogen (secondary N) is 1. The minimum Gasteiger partial charge on any atom is -0.353 e. The van der Waals surface area contributed by atoms with Crippen molar-refractivity contribution in [2.24, 2.45) is 11.8 Å². The summed E-state index contributed by atoms with van der Waals surface area (Å²) in [5.74, 6) is 0.852. The Morgan fingerprint density at radius 3 is 2.04 bits per heavy atom. The van der Waals surface area contributed by atoms with Crippen molar-refractivity contribution in [1.29, 1.82) is 0 Å². The number of carbonyl (C=O) groups excluding carboxylic acids is 2. The van der Waals surface area contributed by atoms with Crippen LogP contribution in [0.3, 0.4) is 0 Å². The van der Waals surface area contributed by atoms with Crippen molar-refractivity contribution < 1.29 is 9.59 Å². The summed E-state index contributed by atoms with van der Waals surface area (Å²) >= 11 is 0.